The molecule has 0 saturated carbocycles. The van der Waals surface area contributed by atoms with E-state index < -0.39 is 0 Å². The van der Waals surface area contributed by atoms with Crippen LogP contribution in [0.4, 0.5) is 0 Å². The van der Waals surface area contributed by atoms with Crippen LogP contribution in [-0.2, 0) is 11.3 Å². The van der Waals surface area contributed by atoms with Gasteiger partial charge < -0.3 is 4.90 Å². The van der Waals surface area contributed by atoms with Gasteiger partial charge in [0.1, 0.15) is 0 Å². The number of carbonyl (C=O) groups excluding carboxylic acids is 1. The van der Waals surface area contributed by atoms with Crippen LogP contribution in [0.1, 0.15) is 21.3 Å². The molecule has 0 aliphatic heterocycles. The Morgan fingerprint density at radius 2 is 1.56 bits per heavy atom. The van der Waals surface area contributed by atoms with Gasteiger partial charge in [0.25, 0.3) is 0 Å². The average Bonchev–Trinajstić information content (AvgIpc) is 3.16. The van der Waals surface area contributed by atoms with Crippen molar-refractivity contribution >= 4 is 29.0 Å². The summed E-state index contributed by atoms with van der Waals surface area (Å²) >= 11 is 3.38. The summed E-state index contributed by atoms with van der Waals surface area (Å²) in [5.41, 5.74) is 2.46. The summed E-state index contributed by atoms with van der Waals surface area (Å²) in [6.45, 7) is 0.679. The molecule has 0 aliphatic rings. The Labute approximate surface area is 157 Å². The minimum absolute atomic E-state index is 0.162. The number of hydrogen-bond donors (Lipinski definition) is 0. The lowest BCUT2D eigenvalue weighted by Crippen LogP contribution is -2.27. The summed E-state index contributed by atoms with van der Waals surface area (Å²) in [5.74, 6) is 0.631. The quantitative estimate of drug-likeness (QED) is 0.570. The van der Waals surface area contributed by atoms with Crippen molar-refractivity contribution in [3.8, 4) is 0 Å². The van der Waals surface area contributed by atoms with E-state index in [1.54, 1.807) is 23.1 Å². The van der Waals surface area contributed by atoms with Crippen LogP contribution in [0, 0.1) is 0 Å². The molecule has 3 aromatic rings. The van der Waals surface area contributed by atoms with Crippen LogP contribution >= 0.6 is 23.1 Å². The molecule has 0 aliphatic carbocycles. The number of nitrogens with zero attached hydrogens (tertiary/aromatic N) is 1. The first-order valence-corrected chi connectivity index (χ1v) is 10.1. The molecule has 2 nitrogen and oxygen atoms in total. The van der Waals surface area contributed by atoms with Gasteiger partial charge in [-0.3, -0.25) is 4.79 Å². The summed E-state index contributed by atoms with van der Waals surface area (Å²) in [5, 5.41) is 2.21. The van der Waals surface area contributed by atoms with Crippen LogP contribution in [-0.4, -0.2) is 23.6 Å². The van der Waals surface area contributed by atoms with Crippen LogP contribution in [0.5, 0.6) is 0 Å². The second-order valence-electron chi connectivity index (χ2n) is 5.84. The fourth-order valence-electron chi connectivity index (χ4n) is 2.63. The lowest BCUT2D eigenvalue weighted by Gasteiger charge is -2.20. The Kier molecular flexibility index (Phi) is 6.31. The van der Waals surface area contributed by atoms with E-state index in [1.807, 2.05) is 35.5 Å². The standard InChI is InChI=1S/C21H21NOS2/c1-22(15-19-13-8-14-24-19)20(23)16-25-21(17-9-4-2-5-10-17)18-11-6-3-7-12-18/h2-14,21H,15-16H2,1H3. The van der Waals surface area contributed by atoms with Gasteiger partial charge in [0.2, 0.25) is 5.91 Å². The van der Waals surface area contributed by atoms with Crippen molar-refractivity contribution in [1.82, 2.24) is 4.90 Å². The molecule has 2 aromatic carbocycles. The Balaban J connectivity index is 1.67. The third-order valence-corrected chi connectivity index (χ3v) is 6.13. The van der Waals surface area contributed by atoms with E-state index in [9.17, 15) is 4.79 Å². The Bertz CT molecular complexity index is 733. The van der Waals surface area contributed by atoms with Crippen LogP contribution in [0.25, 0.3) is 0 Å². The maximum absolute atomic E-state index is 12.5. The third-order valence-electron chi connectivity index (χ3n) is 3.98. The third kappa shape index (κ3) is 4.97. The van der Waals surface area contributed by atoms with Gasteiger partial charge in [-0.25, -0.2) is 0 Å². The number of thiophene rings is 1. The second kappa shape index (κ2) is 8.88. The molecule has 0 bridgehead atoms. The first kappa shape index (κ1) is 17.8. The fraction of sp³-hybridized carbons (Fsp3) is 0.190. The van der Waals surface area contributed by atoms with Gasteiger partial charge in [-0.2, -0.15) is 0 Å². The highest BCUT2D eigenvalue weighted by Gasteiger charge is 2.18. The van der Waals surface area contributed by atoms with Crippen molar-refractivity contribution < 1.29 is 4.79 Å². The van der Waals surface area contributed by atoms with Gasteiger partial charge in [-0.15, -0.1) is 23.1 Å². The predicted molar refractivity (Wildman–Crippen MR) is 108 cm³/mol. The maximum atomic E-state index is 12.5. The highest BCUT2D eigenvalue weighted by Crippen LogP contribution is 2.35. The molecule has 0 atom stereocenters. The number of thioether (sulfide) groups is 1. The molecule has 0 fully saturated rings. The van der Waals surface area contributed by atoms with E-state index >= 15 is 0 Å². The lowest BCUT2D eigenvalue weighted by atomic mass is 10.0. The van der Waals surface area contributed by atoms with Gasteiger partial charge in [-0.05, 0) is 22.6 Å². The molecular weight excluding hydrogens is 346 g/mol. The highest BCUT2D eigenvalue weighted by molar-refractivity contribution is 8.00. The van der Waals surface area contributed by atoms with Crippen molar-refractivity contribution in [1.29, 1.82) is 0 Å². The summed E-state index contributed by atoms with van der Waals surface area (Å²) < 4.78 is 0. The molecular formula is C21H21NOS2. The Morgan fingerprint density at radius 1 is 0.960 bits per heavy atom. The zero-order valence-electron chi connectivity index (χ0n) is 14.2. The molecule has 0 spiro atoms. The van der Waals surface area contributed by atoms with Crippen LogP contribution in [0.2, 0.25) is 0 Å². The fourth-order valence-corrected chi connectivity index (χ4v) is 4.62. The molecule has 1 heterocycles. The maximum Gasteiger partial charge on any atom is 0.232 e. The molecule has 128 valence electrons. The summed E-state index contributed by atoms with van der Waals surface area (Å²) in [4.78, 5) is 15.6. The summed E-state index contributed by atoms with van der Waals surface area (Å²) in [7, 11) is 1.88. The first-order chi connectivity index (χ1) is 12.2. The second-order valence-corrected chi connectivity index (χ2v) is 7.97. The number of amides is 1. The van der Waals surface area contributed by atoms with Crippen molar-refractivity contribution in [3.05, 3.63) is 94.2 Å². The van der Waals surface area contributed by atoms with Crippen molar-refractivity contribution in [3.63, 3.8) is 0 Å². The predicted octanol–water partition coefficient (Wildman–Crippen LogP) is 5.23. The average molecular weight is 368 g/mol. The van der Waals surface area contributed by atoms with E-state index in [4.69, 9.17) is 0 Å². The van der Waals surface area contributed by atoms with E-state index in [0.29, 0.717) is 12.3 Å². The van der Waals surface area contributed by atoms with Crippen molar-refractivity contribution in [2.24, 2.45) is 0 Å². The largest absolute Gasteiger partial charge is 0.340 e. The normalized spacial score (nSPS) is 10.8. The first-order valence-electron chi connectivity index (χ1n) is 8.22. The molecule has 0 saturated heterocycles. The number of hydrogen-bond acceptors (Lipinski definition) is 3. The molecule has 0 unspecified atom stereocenters. The molecule has 4 heteroatoms. The molecule has 1 amide bonds. The van der Waals surface area contributed by atoms with Gasteiger partial charge in [0.15, 0.2) is 0 Å². The molecule has 0 radical (unpaired) electrons. The smallest absolute Gasteiger partial charge is 0.232 e. The van der Waals surface area contributed by atoms with Gasteiger partial charge in [-0.1, -0.05) is 66.7 Å². The van der Waals surface area contributed by atoms with Crippen molar-refractivity contribution in [2.75, 3.05) is 12.8 Å². The summed E-state index contributed by atoms with van der Waals surface area (Å²) in [6, 6.07) is 24.9. The van der Waals surface area contributed by atoms with Crippen LogP contribution in [0.15, 0.2) is 78.2 Å². The van der Waals surface area contributed by atoms with E-state index in [0.717, 1.165) is 0 Å². The Morgan fingerprint density at radius 3 is 2.08 bits per heavy atom. The number of rotatable bonds is 7. The van der Waals surface area contributed by atoms with Crippen LogP contribution < -0.4 is 0 Å². The molecule has 3 rings (SSSR count). The Hall–Kier alpha value is -2.04. The topological polar surface area (TPSA) is 20.3 Å². The zero-order chi connectivity index (χ0) is 17.5. The SMILES string of the molecule is CN(Cc1cccs1)C(=O)CSC(c1ccccc1)c1ccccc1. The molecule has 0 N–H and O–H groups in total. The zero-order valence-corrected chi connectivity index (χ0v) is 15.8. The van der Waals surface area contributed by atoms with E-state index in [1.165, 1.54) is 16.0 Å². The molecule has 1 aromatic heterocycles. The number of benzene rings is 2. The van der Waals surface area contributed by atoms with Gasteiger partial charge >= 0.3 is 0 Å². The summed E-state index contributed by atoms with van der Waals surface area (Å²) in [6.07, 6.45) is 0. The monoisotopic (exact) mass is 367 g/mol. The lowest BCUT2D eigenvalue weighted by molar-refractivity contribution is -0.127. The molecule has 25 heavy (non-hydrogen) atoms. The number of carbonyl (C=O) groups is 1. The minimum atomic E-state index is 0.162. The minimum Gasteiger partial charge on any atom is -0.340 e. The van der Waals surface area contributed by atoms with E-state index in [2.05, 4.69) is 54.6 Å². The van der Waals surface area contributed by atoms with Crippen LogP contribution in [0.3, 0.4) is 0 Å². The van der Waals surface area contributed by atoms with E-state index in [-0.39, 0.29) is 11.2 Å². The van der Waals surface area contributed by atoms with Gasteiger partial charge in [0.05, 0.1) is 17.5 Å². The van der Waals surface area contributed by atoms with Gasteiger partial charge in [0, 0.05) is 11.9 Å². The van der Waals surface area contributed by atoms with Crippen molar-refractivity contribution in [2.45, 2.75) is 11.8 Å². The highest BCUT2D eigenvalue weighted by atomic mass is 32.2.